The molecule has 0 spiro atoms. The molecule has 0 aliphatic carbocycles. The Labute approximate surface area is 95.6 Å². The molecule has 0 heterocycles. The van der Waals surface area contributed by atoms with E-state index in [2.05, 4.69) is 47.1 Å². The summed E-state index contributed by atoms with van der Waals surface area (Å²) >= 11 is 3.58. The van der Waals surface area contributed by atoms with Gasteiger partial charge in [0.25, 0.3) is 0 Å². The van der Waals surface area contributed by atoms with Crippen LogP contribution in [0.15, 0.2) is 30.3 Å². The standard InChI is InChI=1S/C9H11Br.Mg.2H/c1-2-9(10)8-6-4-3-5-7-8;;;/h3-7,9H,2H2,1H3;;;/q;+2;2*-1. The van der Waals surface area contributed by atoms with E-state index >= 15 is 0 Å². The molecule has 0 fully saturated rings. The van der Waals surface area contributed by atoms with Crippen molar-refractivity contribution < 1.29 is 2.85 Å². The largest absolute Gasteiger partial charge is 2.00 e. The van der Waals surface area contributed by atoms with Crippen LogP contribution < -0.4 is 0 Å². The molecule has 0 aliphatic rings. The van der Waals surface area contributed by atoms with E-state index in [1.807, 2.05) is 6.07 Å². The molecule has 0 N–H and O–H groups in total. The Morgan fingerprint density at radius 2 is 1.91 bits per heavy atom. The minimum absolute atomic E-state index is 0. The van der Waals surface area contributed by atoms with Crippen LogP contribution in [0, 0.1) is 0 Å². The summed E-state index contributed by atoms with van der Waals surface area (Å²) in [5, 5.41) is 0. The van der Waals surface area contributed by atoms with Gasteiger partial charge >= 0.3 is 23.1 Å². The second-order valence-electron chi connectivity index (χ2n) is 2.29. The molecule has 58 valence electrons. The van der Waals surface area contributed by atoms with E-state index in [-0.39, 0.29) is 25.9 Å². The average Bonchev–Trinajstić information content (AvgIpc) is 2.05. The first-order valence-corrected chi connectivity index (χ1v) is 4.45. The second kappa shape index (κ2) is 6.03. The molecular formula is C9H13BrMg. The maximum Gasteiger partial charge on any atom is 2.00 e. The molecule has 0 nitrogen and oxygen atoms in total. The third-order valence-electron chi connectivity index (χ3n) is 1.52. The first-order chi connectivity index (χ1) is 4.84. The van der Waals surface area contributed by atoms with Gasteiger partial charge in [0.1, 0.15) is 0 Å². The molecule has 0 aliphatic heterocycles. The van der Waals surface area contributed by atoms with E-state index < -0.39 is 0 Å². The summed E-state index contributed by atoms with van der Waals surface area (Å²) in [5.41, 5.74) is 1.37. The zero-order valence-corrected chi connectivity index (χ0v) is 9.76. The van der Waals surface area contributed by atoms with Crippen molar-refractivity contribution >= 4 is 39.0 Å². The summed E-state index contributed by atoms with van der Waals surface area (Å²) in [6.07, 6.45) is 1.14. The first kappa shape index (κ1) is 11.5. The van der Waals surface area contributed by atoms with Gasteiger partial charge in [-0.2, -0.15) is 0 Å². The summed E-state index contributed by atoms with van der Waals surface area (Å²) in [6.45, 7) is 2.17. The van der Waals surface area contributed by atoms with E-state index in [0.29, 0.717) is 4.83 Å². The van der Waals surface area contributed by atoms with E-state index in [1.54, 1.807) is 0 Å². The SMILES string of the molecule is CCC(Br)c1ccccc1.[H-].[H-].[Mg+2]. The smallest absolute Gasteiger partial charge is 1.00 e. The molecule has 0 saturated carbocycles. The van der Waals surface area contributed by atoms with Gasteiger partial charge in [-0.15, -0.1) is 0 Å². The predicted molar refractivity (Wildman–Crippen MR) is 56.4 cm³/mol. The first-order valence-electron chi connectivity index (χ1n) is 3.53. The molecule has 0 radical (unpaired) electrons. The molecule has 0 saturated heterocycles. The maximum atomic E-state index is 3.58. The summed E-state index contributed by atoms with van der Waals surface area (Å²) < 4.78 is 0. The van der Waals surface area contributed by atoms with Crippen LogP contribution in [0.1, 0.15) is 26.6 Å². The normalized spacial score (nSPS) is 11.8. The van der Waals surface area contributed by atoms with Gasteiger partial charge in [0, 0.05) is 4.83 Å². The number of halogens is 1. The molecule has 11 heavy (non-hydrogen) atoms. The van der Waals surface area contributed by atoms with Crippen LogP contribution in [0.5, 0.6) is 0 Å². The molecular weight excluding hydrogens is 212 g/mol. The molecule has 0 bridgehead atoms. The molecule has 1 rings (SSSR count). The number of hydrogen-bond acceptors (Lipinski definition) is 0. The van der Waals surface area contributed by atoms with Gasteiger partial charge in [-0.25, -0.2) is 0 Å². The minimum Gasteiger partial charge on any atom is -1.00 e. The molecule has 1 unspecified atom stereocenters. The molecule has 0 amide bonds. The van der Waals surface area contributed by atoms with Crippen molar-refractivity contribution in [1.29, 1.82) is 0 Å². The van der Waals surface area contributed by atoms with Crippen LogP contribution in [0.3, 0.4) is 0 Å². The Morgan fingerprint density at radius 1 is 1.36 bits per heavy atom. The fraction of sp³-hybridized carbons (Fsp3) is 0.333. The van der Waals surface area contributed by atoms with Crippen LogP contribution >= 0.6 is 15.9 Å². The van der Waals surface area contributed by atoms with E-state index in [1.165, 1.54) is 5.56 Å². The molecule has 0 aromatic heterocycles. The zero-order valence-electron chi connectivity index (χ0n) is 8.76. The number of rotatable bonds is 2. The van der Waals surface area contributed by atoms with Crippen molar-refractivity contribution in [3.05, 3.63) is 35.9 Å². The zero-order chi connectivity index (χ0) is 7.40. The van der Waals surface area contributed by atoms with Crippen LogP contribution in [0.2, 0.25) is 0 Å². The Balaban J connectivity index is -0.000000333. The Hall–Kier alpha value is 0.466. The van der Waals surface area contributed by atoms with Crippen LogP contribution in [0.4, 0.5) is 0 Å². The maximum absolute atomic E-state index is 3.58. The van der Waals surface area contributed by atoms with Crippen molar-refractivity contribution in [1.82, 2.24) is 0 Å². The molecule has 1 aromatic rings. The van der Waals surface area contributed by atoms with Gasteiger partial charge in [-0.1, -0.05) is 53.2 Å². The quantitative estimate of drug-likeness (QED) is 0.535. The van der Waals surface area contributed by atoms with Crippen molar-refractivity contribution in [3.8, 4) is 0 Å². The predicted octanol–water partition coefficient (Wildman–Crippen LogP) is 3.38. The van der Waals surface area contributed by atoms with Gasteiger partial charge < -0.3 is 2.85 Å². The van der Waals surface area contributed by atoms with Crippen molar-refractivity contribution in [3.63, 3.8) is 0 Å². The van der Waals surface area contributed by atoms with Crippen molar-refractivity contribution in [2.45, 2.75) is 18.2 Å². The van der Waals surface area contributed by atoms with Gasteiger partial charge in [-0.3, -0.25) is 0 Å². The average molecular weight is 225 g/mol. The Kier molecular flexibility index (Phi) is 6.29. The van der Waals surface area contributed by atoms with Crippen molar-refractivity contribution in [2.24, 2.45) is 0 Å². The van der Waals surface area contributed by atoms with E-state index in [0.717, 1.165) is 6.42 Å². The summed E-state index contributed by atoms with van der Waals surface area (Å²) in [5.74, 6) is 0. The molecule has 2 heteroatoms. The fourth-order valence-corrected chi connectivity index (χ4v) is 1.20. The summed E-state index contributed by atoms with van der Waals surface area (Å²) in [4.78, 5) is 0.522. The van der Waals surface area contributed by atoms with E-state index in [4.69, 9.17) is 0 Å². The Bertz CT molecular complexity index is 194. The van der Waals surface area contributed by atoms with Gasteiger partial charge in [0.05, 0.1) is 0 Å². The fourth-order valence-electron chi connectivity index (χ4n) is 0.898. The van der Waals surface area contributed by atoms with Gasteiger partial charge in [0.2, 0.25) is 0 Å². The molecule has 1 aromatic carbocycles. The third kappa shape index (κ3) is 3.58. The number of hydrogen-bond donors (Lipinski definition) is 0. The van der Waals surface area contributed by atoms with Gasteiger partial charge in [-0.05, 0) is 12.0 Å². The van der Waals surface area contributed by atoms with Gasteiger partial charge in [0.15, 0.2) is 0 Å². The molecule has 1 atom stereocenters. The summed E-state index contributed by atoms with van der Waals surface area (Å²) in [6, 6.07) is 10.5. The van der Waals surface area contributed by atoms with Crippen LogP contribution in [-0.2, 0) is 0 Å². The third-order valence-corrected chi connectivity index (χ3v) is 2.70. The number of alkyl halides is 1. The van der Waals surface area contributed by atoms with Crippen LogP contribution in [-0.4, -0.2) is 23.1 Å². The minimum atomic E-state index is 0. The van der Waals surface area contributed by atoms with E-state index in [9.17, 15) is 0 Å². The Morgan fingerprint density at radius 3 is 2.36 bits per heavy atom. The second-order valence-corrected chi connectivity index (χ2v) is 3.39. The van der Waals surface area contributed by atoms with Crippen LogP contribution in [0.25, 0.3) is 0 Å². The van der Waals surface area contributed by atoms with Crippen molar-refractivity contribution in [2.75, 3.05) is 0 Å². The monoisotopic (exact) mass is 224 g/mol. The topological polar surface area (TPSA) is 0 Å². The number of benzene rings is 1. The summed E-state index contributed by atoms with van der Waals surface area (Å²) in [7, 11) is 0.